The van der Waals surface area contributed by atoms with Gasteiger partial charge in [0.05, 0.1) is 12.7 Å². The number of ether oxygens (including phenoxy) is 1. The topological polar surface area (TPSA) is 105 Å². The molecule has 0 aliphatic carbocycles. The van der Waals surface area contributed by atoms with E-state index in [0.717, 1.165) is 10.8 Å². The molecule has 2 unspecified atom stereocenters. The Hall–Kier alpha value is -1.38. The molecule has 3 N–H and O–H groups in total. The monoisotopic (exact) mass is 238 g/mol. The second-order valence-electron chi connectivity index (χ2n) is 3.84. The van der Waals surface area contributed by atoms with Gasteiger partial charge in [0.15, 0.2) is 0 Å². The molecule has 8 heteroatoms. The minimum atomic E-state index is -0.919. The maximum atomic E-state index is 11.7. The van der Waals surface area contributed by atoms with Gasteiger partial charge in [-0.2, -0.15) is 0 Å². The van der Waals surface area contributed by atoms with Crippen LogP contribution in [0.25, 0.3) is 0 Å². The number of aromatic amines is 1. The number of rotatable bonds is 2. The maximum absolute atomic E-state index is 11.7. The first kappa shape index (κ1) is 12.1. The number of aliphatic hydroxyl groups excluding tert-OH is 2. The molecule has 1 aromatic rings. The Balaban J connectivity index is 2.40. The molecule has 1 aliphatic rings. The highest BCUT2D eigenvalue weighted by Gasteiger charge is 2.35. The largest absolute Gasteiger partial charge is 0.394 e. The summed E-state index contributed by atoms with van der Waals surface area (Å²) < 4.78 is 6.01. The summed E-state index contributed by atoms with van der Waals surface area (Å²) in [6.45, 7) is -0.382. The van der Waals surface area contributed by atoms with Crippen LogP contribution in [-0.2, 0) is 4.74 Å². The van der Waals surface area contributed by atoms with Crippen molar-refractivity contribution in [2.45, 2.75) is 24.9 Å². The lowest BCUT2D eigenvalue weighted by molar-refractivity contribution is -0.0468. The van der Waals surface area contributed by atoms with E-state index in [0.29, 0.717) is 0 Å². The van der Waals surface area contributed by atoms with E-state index in [1.54, 1.807) is 0 Å². The average molecular weight is 238 g/mol. The van der Waals surface area contributed by atoms with Gasteiger partial charge >= 0.3 is 5.69 Å². The van der Waals surface area contributed by atoms with Gasteiger partial charge in [-0.15, -0.1) is 0 Å². The molecule has 0 saturated carbocycles. The van der Waals surface area contributed by atoms with Gasteiger partial charge in [0, 0.05) is 12.6 Å². The van der Waals surface area contributed by atoms with Gasteiger partial charge in [0.2, 0.25) is 0 Å². The van der Waals surface area contributed by atoms with Crippen molar-refractivity contribution in [3.8, 4) is 0 Å². The third-order valence-corrected chi connectivity index (χ3v) is 2.71. The molecule has 2 radical (unpaired) electrons. The standard InChI is InChI=1S/C9H11BN2O5/c10-4-2-11-9(16)12(8(4)15)7-1-5(14)6(3-13)17-7/h2,5-7,13-14H,1,3H2,(H,11,16)/t5?,6?,7-/m1/s1. The predicted octanol–water partition coefficient (Wildman–Crippen LogP) is -3.03. The van der Waals surface area contributed by atoms with Crippen molar-refractivity contribution in [2.75, 3.05) is 6.61 Å². The van der Waals surface area contributed by atoms with Crippen molar-refractivity contribution in [1.82, 2.24) is 9.55 Å². The highest BCUT2D eigenvalue weighted by molar-refractivity contribution is 6.31. The van der Waals surface area contributed by atoms with Crippen LogP contribution < -0.4 is 16.7 Å². The summed E-state index contributed by atoms with van der Waals surface area (Å²) in [7, 11) is 5.39. The fourth-order valence-electron chi connectivity index (χ4n) is 1.80. The van der Waals surface area contributed by atoms with E-state index in [2.05, 4.69) is 4.98 Å². The molecule has 2 rings (SSSR count). The van der Waals surface area contributed by atoms with Gasteiger partial charge in [-0.05, 0) is 5.46 Å². The fourth-order valence-corrected chi connectivity index (χ4v) is 1.80. The summed E-state index contributed by atoms with van der Waals surface area (Å²) in [5.41, 5.74) is -1.46. The lowest BCUT2D eigenvalue weighted by Crippen LogP contribution is -2.45. The molecule has 1 fully saturated rings. The highest BCUT2D eigenvalue weighted by Crippen LogP contribution is 2.26. The van der Waals surface area contributed by atoms with Crippen LogP contribution in [0.2, 0.25) is 0 Å². The van der Waals surface area contributed by atoms with Crippen LogP contribution in [0.4, 0.5) is 0 Å². The van der Waals surface area contributed by atoms with Gasteiger partial charge in [-0.25, -0.2) is 9.36 Å². The molecule has 17 heavy (non-hydrogen) atoms. The Morgan fingerprint density at radius 1 is 1.59 bits per heavy atom. The van der Waals surface area contributed by atoms with Crippen molar-refractivity contribution in [1.29, 1.82) is 0 Å². The quantitative estimate of drug-likeness (QED) is 0.475. The molecular formula is C9H11BN2O5. The minimum absolute atomic E-state index is 0.0532. The maximum Gasteiger partial charge on any atom is 0.330 e. The average Bonchev–Trinajstić information content (AvgIpc) is 2.65. The summed E-state index contributed by atoms with van der Waals surface area (Å²) in [5.74, 6) is 0. The zero-order valence-corrected chi connectivity index (χ0v) is 8.87. The summed E-state index contributed by atoms with van der Waals surface area (Å²) in [6.07, 6.45) is -1.47. The van der Waals surface area contributed by atoms with Crippen LogP contribution >= 0.6 is 0 Å². The third-order valence-electron chi connectivity index (χ3n) is 2.71. The van der Waals surface area contributed by atoms with E-state index in [9.17, 15) is 14.7 Å². The molecule has 0 bridgehead atoms. The predicted molar refractivity (Wildman–Crippen MR) is 58.3 cm³/mol. The molecule has 7 nitrogen and oxygen atoms in total. The summed E-state index contributed by atoms with van der Waals surface area (Å²) in [5, 5.41) is 18.4. The number of aromatic nitrogens is 2. The number of hydrogen-bond acceptors (Lipinski definition) is 5. The van der Waals surface area contributed by atoms with E-state index in [-0.39, 0.29) is 18.5 Å². The molecule has 0 aromatic carbocycles. The van der Waals surface area contributed by atoms with Gasteiger partial charge in [-0.3, -0.25) is 4.79 Å². The van der Waals surface area contributed by atoms with Crippen LogP contribution in [0.5, 0.6) is 0 Å². The van der Waals surface area contributed by atoms with Crippen molar-refractivity contribution in [3.63, 3.8) is 0 Å². The van der Waals surface area contributed by atoms with Crippen molar-refractivity contribution >= 4 is 13.3 Å². The molecule has 1 aliphatic heterocycles. The lowest BCUT2D eigenvalue weighted by atomic mass is 10.0. The zero-order valence-electron chi connectivity index (χ0n) is 8.87. The van der Waals surface area contributed by atoms with Crippen molar-refractivity contribution < 1.29 is 14.9 Å². The molecule has 2 heterocycles. The zero-order chi connectivity index (χ0) is 12.6. The van der Waals surface area contributed by atoms with Crippen LogP contribution in [0.1, 0.15) is 12.6 Å². The van der Waals surface area contributed by atoms with Crippen LogP contribution in [0.15, 0.2) is 15.8 Å². The smallest absolute Gasteiger partial charge is 0.330 e. The molecule has 90 valence electrons. The number of nitrogens with zero attached hydrogens (tertiary/aromatic N) is 1. The van der Waals surface area contributed by atoms with Crippen LogP contribution in [0, 0.1) is 0 Å². The molecule has 3 atom stereocenters. The molecule has 1 saturated heterocycles. The van der Waals surface area contributed by atoms with E-state index in [1.807, 2.05) is 0 Å². The second kappa shape index (κ2) is 4.48. The van der Waals surface area contributed by atoms with Gasteiger partial charge in [-0.1, -0.05) is 0 Å². The third kappa shape index (κ3) is 2.06. The summed E-state index contributed by atoms with van der Waals surface area (Å²) >= 11 is 0. The lowest BCUT2D eigenvalue weighted by Gasteiger charge is -2.13. The van der Waals surface area contributed by atoms with E-state index >= 15 is 0 Å². The minimum Gasteiger partial charge on any atom is -0.394 e. The first-order chi connectivity index (χ1) is 8.04. The van der Waals surface area contributed by atoms with Crippen LogP contribution in [0.3, 0.4) is 0 Å². The number of H-pyrrole nitrogens is 1. The summed E-state index contributed by atoms with van der Waals surface area (Å²) in [4.78, 5) is 25.5. The highest BCUT2D eigenvalue weighted by atomic mass is 16.5. The van der Waals surface area contributed by atoms with Gasteiger partial charge < -0.3 is 19.9 Å². The Morgan fingerprint density at radius 3 is 2.88 bits per heavy atom. The van der Waals surface area contributed by atoms with Gasteiger partial charge in [0.1, 0.15) is 20.2 Å². The summed E-state index contributed by atoms with van der Waals surface area (Å²) in [6, 6.07) is 0. The Morgan fingerprint density at radius 2 is 2.29 bits per heavy atom. The number of nitrogens with one attached hydrogen (secondary N) is 1. The second-order valence-corrected chi connectivity index (χ2v) is 3.84. The Bertz CT molecular complexity index is 525. The molecular weight excluding hydrogens is 227 g/mol. The Labute approximate surface area is 97.1 Å². The first-order valence-corrected chi connectivity index (χ1v) is 5.08. The van der Waals surface area contributed by atoms with Gasteiger partial charge in [0.25, 0.3) is 5.56 Å². The normalized spacial score (nSPS) is 28.5. The molecule has 1 aromatic heterocycles. The number of aliphatic hydroxyl groups is 2. The van der Waals surface area contributed by atoms with E-state index in [4.69, 9.17) is 17.7 Å². The van der Waals surface area contributed by atoms with Crippen LogP contribution in [-0.4, -0.2) is 46.4 Å². The SMILES string of the molecule is [B]c1c[nH]c(=O)n([C@H]2CC(O)C(CO)O2)c1=O. The molecule has 0 spiro atoms. The number of hydrogen-bond donors (Lipinski definition) is 3. The van der Waals surface area contributed by atoms with E-state index < -0.39 is 29.7 Å². The molecule has 0 amide bonds. The fraction of sp³-hybridized carbons (Fsp3) is 0.556. The Kier molecular flexibility index (Phi) is 3.18. The van der Waals surface area contributed by atoms with Crippen molar-refractivity contribution in [3.05, 3.63) is 27.0 Å². The van der Waals surface area contributed by atoms with Crippen molar-refractivity contribution in [2.24, 2.45) is 0 Å². The first-order valence-electron chi connectivity index (χ1n) is 5.08. The van der Waals surface area contributed by atoms with E-state index in [1.165, 1.54) is 0 Å².